The van der Waals surface area contributed by atoms with Gasteiger partial charge in [-0.25, -0.2) is 0 Å². The molecule has 3 rings (SSSR count). The summed E-state index contributed by atoms with van der Waals surface area (Å²) < 4.78 is 0. The van der Waals surface area contributed by atoms with Gasteiger partial charge in [0.05, 0.1) is 0 Å². The fourth-order valence-corrected chi connectivity index (χ4v) is 4.47. The topological polar surface area (TPSA) is 55.8 Å². The number of carboxylic acids is 1. The van der Waals surface area contributed by atoms with E-state index in [2.05, 4.69) is 22.0 Å². The third kappa shape index (κ3) is 2.96. The van der Waals surface area contributed by atoms with Gasteiger partial charge in [-0.15, -0.1) is 0 Å². The van der Waals surface area contributed by atoms with Gasteiger partial charge in [0, 0.05) is 31.7 Å². The molecule has 1 aliphatic carbocycles. The maximum Gasteiger partial charge on any atom is 0.323 e. The SMILES string of the molecule is CCCNC1(C(=O)O)CCC(N2CCN3CCCC3C2)C1. The molecule has 2 aliphatic heterocycles. The minimum absolute atomic E-state index is 0.452. The van der Waals surface area contributed by atoms with Crippen LogP contribution in [0.5, 0.6) is 0 Å². The molecule has 3 fully saturated rings. The maximum absolute atomic E-state index is 11.8. The van der Waals surface area contributed by atoms with Crippen LogP contribution in [0.25, 0.3) is 0 Å². The molecule has 3 atom stereocenters. The average molecular weight is 295 g/mol. The van der Waals surface area contributed by atoms with Gasteiger partial charge < -0.3 is 10.4 Å². The Labute approximate surface area is 127 Å². The molecule has 0 aromatic carbocycles. The predicted molar refractivity (Wildman–Crippen MR) is 82.5 cm³/mol. The van der Waals surface area contributed by atoms with Crippen molar-refractivity contribution in [2.45, 2.75) is 63.1 Å². The summed E-state index contributed by atoms with van der Waals surface area (Å²) in [6.45, 7) is 7.59. The molecule has 0 bridgehead atoms. The molecule has 0 radical (unpaired) electrons. The van der Waals surface area contributed by atoms with E-state index in [1.54, 1.807) is 0 Å². The average Bonchev–Trinajstić information content (AvgIpc) is 3.11. The highest BCUT2D eigenvalue weighted by atomic mass is 16.4. The number of piperazine rings is 1. The van der Waals surface area contributed by atoms with Crippen molar-refractivity contribution in [1.82, 2.24) is 15.1 Å². The van der Waals surface area contributed by atoms with Crippen molar-refractivity contribution in [2.24, 2.45) is 0 Å². The molecule has 5 heteroatoms. The van der Waals surface area contributed by atoms with E-state index in [0.717, 1.165) is 51.4 Å². The number of hydrogen-bond donors (Lipinski definition) is 2. The van der Waals surface area contributed by atoms with Gasteiger partial charge in [-0.05, 0) is 51.6 Å². The van der Waals surface area contributed by atoms with Crippen molar-refractivity contribution in [3.05, 3.63) is 0 Å². The lowest BCUT2D eigenvalue weighted by atomic mass is 9.96. The number of fused-ring (bicyclic) bond motifs is 1. The maximum atomic E-state index is 11.8. The van der Waals surface area contributed by atoms with Gasteiger partial charge >= 0.3 is 5.97 Å². The highest BCUT2D eigenvalue weighted by Gasteiger charge is 2.47. The standard InChI is InChI=1S/C16H29N3O2/c1-2-7-17-16(15(20)21)6-5-13(11-16)19-10-9-18-8-3-4-14(18)12-19/h13-14,17H,2-12H2,1H3,(H,20,21). The van der Waals surface area contributed by atoms with E-state index in [9.17, 15) is 9.90 Å². The third-order valence-corrected chi connectivity index (χ3v) is 5.75. The first-order chi connectivity index (χ1) is 10.1. The van der Waals surface area contributed by atoms with E-state index < -0.39 is 11.5 Å². The van der Waals surface area contributed by atoms with Crippen LogP contribution in [0.2, 0.25) is 0 Å². The molecule has 0 aromatic heterocycles. The second-order valence-corrected chi connectivity index (χ2v) is 7.04. The fraction of sp³-hybridized carbons (Fsp3) is 0.938. The van der Waals surface area contributed by atoms with Gasteiger partial charge in [0.2, 0.25) is 0 Å². The van der Waals surface area contributed by atoms with E-state index in [0.29, 0.717) is 6.04 Å². The molecule has 3 unspecified atom stereocenters. The van der Waals surface area contributed by atoms with Gasteiger partial charge in [-0.3, -0.25) is 14.6 Å². The van der Waals surface area contributed by atoms with Crippen LogP contribution < -0.4 is 5.32 Å². The minimum Gasteiger partial charge on any atom is -0.480 e. The number of rotatable bonds is 5. The van der Waals surface area contributed by atoms with Gasteiger partial charge in [0.25, 0.3) is 0 Å². The molecule has 21 heavy (non-hydrogen) atoms. The molecule has 5 nitrogen and oxygen atoms in total. The zero-order chi connectivity index (χ0) is 14.9. The number of nitrogens with one attached hydrogen (secondary N) is 1. The summed E-state index contributed by atoms with van der Waals surface area (Å²) in [5, 5.41) is 13.0. The smallest absolute Gasteiger partial charge is 0.323 e. The molecule has 3 aliphatic rings. The van der Waals surface area contributed by atoms with Crippen LogP contribution in [0.3, 0.4) is 0 Å². The van der Waals surface area contributed by atoms with E-state index in [1.165, 1.54) is 25.9 Å². The number of carbonyl (C=O) groups is 1. The fourth-order valence-electron chi connectivity index (χ4n) is 4.47. The summed E-state index contributed by atoms with van der Waals surface area (Å²) in [6, 6.07) is 1.18. The minimum atomic E-state index is -0.673. The van der Waals surface area contributed by atoms with E-state index >= 15 is 0 Å². The van der Waals surface area contributed by atoms with Gasteiger partial charge in [-0.1, -0.05) is 6.92 Å². The van der Waals surface area contributed by atoms with Crippen LogP contribution in [-0.2, 0) is 4.79 Å². The Morgan fingerprint density at radius 1 is 1.24 bits per heavy atom. The van der Waals surface area contributed by atoms with Gasteiger partial charge in [-0.2, -0.15) is 0 Å². The van der Waals surface area contributed by atoms with Crippen LogP contribution in [-0.4, -0.2) is 71.2 Å². The summed E-state index contributed by atoms with van der Waals surface area (Å²) in [6.07, 6.45) is 6.21. The Kier molecular flexibility index (Phi) is 4.52. The van der Waals surface area contributed by atoms with Crippen LogP contribution in [0.4, 0.5) is 0 Å². The molecule has 2 saturated heterocycles. The summed E-state index contributed by atoms with van der Waals surface area (Å²) >= 11 is 0. The second kappa shape index (κ2) is 6.23. The molecule has 0 amide bonds. The molecular weight excluding hydrogens is 266 g/mol. The number of aliphatic carboxylic acids is 1. The van der Waals surface area contributed by atoms with Crippen molar-refractivity contribution >= 4 is 5.97 Å². The Morgan fingerprint density at radius 2 is 2.05 bits per heavy atom. The lowest BCUT2D eigenvalue weighted by molar-refractivity contribution is -0.144. The first kappa shape index (κ1) is 15.3. The molecular formula is C16H29N3O2. The zero-order valence-electron chi connectivity index (χ0n) is 13.2. The molecule has 2 heterocycles. The number of carboxylic acid groups (broad SMARTS) is 1. The Balaban J connectivity index is 1.61. The Bertz CT molecular complexity index is 390. The van der Waals surface area contributed by atoms with Crippen LogP contribution >= 0.6 is 0 Å². The molecule has 2 N–H and O–H groups in total. The van der Waals surface area contributed by atoms with Crippen molar-refractivity contribution in [1.29, 1.82) is 0 Å². The van der Waals surface area contributed by atoms with E-state index in [1.807, 2.05) is 0 Å². The summed E-state index contributed by atoms with van der Waals surface area (Å²) in [5.74, 6) is -0.655. The van der Waals surface area contributed by atoms with E-state index in [-0.39, 0.29) is 0 Å². The van der Waals surface area contributed by atoms with E-state index in [4.69, 9.17) is 0 Å². The third-order valence-electron chi connectivity index (χ3n) is 5.75. The normalized spacial score (nSPS) is 37.8. The summed E-state index contributed by atoms with van der Waals surface area (Å²) in [5.41, 5.74) is -0.673. The van der Waals surface area contributed by atoms with Crippen LogP contribution in [0, 0.1) is 0 Å². The Morgan fingerprint density at radius 3 is 2.81 bits per heavy atom. The largest absolute Gasteiger partial charge is 0.480 e. The second-order valence-electron chi connectivity index (χ2n) is 7.04. The highest BCUT2D eigenvalue weighted by Crippen LogP contribution is 2.35. The predicted octanol–water partition coefficient (Wildman–Crippen LogP) is 1.14. The lowest BCUT2D eigenvalue weighted by Crippen LogP contribution is -2.55. The van der Waals surface area contributed by atoms with Crippen molar-refractivity contribution in [3.63, 3.8) is 0 Å². The van der Waals surface area contributed by atoms with Crippen molar-refractivity contribution in [2.75, 3.05) is 32.7 Å². The van der Waals surface area contributed by atoms with Crippen molar-refractivity contribution < 1.29 is 9.90 Å². The van der Waals surface area contributed by atoms with Crippen molar-refractivity contribution in [3.8, 4) is 0 Å². The monoisotopic (exact) mass is 295 g/mol. The quantitative estimate of drug-likeness (QED) is 0.797. The zero-order valence-corrected chi connectivity index (χ0v) is 13.2. The van der Waals surface area contributed by atoms with Gasteiger partial charge in [0.15, 0.2) is 0 Å². The molecule has 1 saturated carbocycles. The first-order valence-corrected chi connectivity index (χ1v) is 8.61. The number of hydrogen-bond acceptors (Lipinski definition) is 4. The van der Waals surface area contributed by atoms with Crippen LogP contribution in [0.1, 0.15) is 45.4 Å². The lowest BCUT2D eigenvalue weighted by Gasteiger charge is -2.41. The summed E-state index contributed by atoms with van der Waals surface area (Å²) in [4.78, 5) is 16.9. The first-order valence-electron chi connectivity index (χ1n) is 8.61. The molecule has 0 spiro atoms. The highest BCUT2D eigenvalue weighted by molar-refractivity contribution is 5.79. The Hall–Kier alpha value is -0.650. The molecule has 120 valence electrons. The van der Waals surface area contributed by atoms with Crippen LogP contribution in [0.15, 0.2) is 0 Å². The molecule has 0 aromatic rings. The van der Waals surface area contributed by atoms with Gasteiger partial charge in [0.1, 0.15) is 5.54 Å². The summed E-state index contributed by atoms with van der Waals surface area (Å²) in [7, 11) is 0. The number of nitrogens with zero attached hydrogens (tertiary/aromatic N) is 2.